The molecule has 2 aromatic carbocycles. The highest BCUT2D eigenvalue weighted by Crippen LogP contribution is 2.28. The Balaban J connectivity index is 1.86. The van der Waals surface area contributed by atoms with Crippen LogP contribution < -0.4 is 20.1 Å². The average molecular weight is 400 g/mol. The van der Waals surface area contributed by atoms with Gasteiger partial charge in [0.05, 0.1) is 20.8 Å². The van der Waals surface area contributed by atoms with Gasteiger partial charge in [0, 0.05) is 5.69 Å². The van der Waals surface area contributed by atoms with Crippen molar-refractivity contribution >= 4 is 23.5 Å². The minimum atomic E-state index is -0.768. The van der Waals surface area contributed by atoms with Crippen molar-refractivity contribution in [2.24, 2.45) is 0 Å². The zero-order chi connectivity index (χ0) is 21.2. The van der Waals surface area contributed by atoms with E-state index >= 15 is 0 Å². The molecular weight excluding hydrogens is 376 g/mol. The van der Waals surface area contributed by atoms with E-state index in [1.807, 2.05) is 25.1 Å². The van der Waals surface area contributed by atoms with Gasteiger partial charge in [-0.1, -0.05) is 31.2 Å². The van der Waals surface area contributed by atoms with Gasteiger partial charge < -0.3 is 24.8 Å². The van der Waals surface area contributed by atoms with Crippen molar-refractivity contribution in [3.63, 3.8) is 0 Å². The van der Waals surface area contributed by atoms with Crippen molar-refractivity contribution in [2.45, 2.75) is 13.3 Å². The molecule has 2 amide bonds. The lowest BCUT2D eigenvalue weighted by Crippen LogP contribution is -2.35. The van der Waals surface area contributed by atoms with Gasteiger partial charge in [-0.2, -0.15) is 0 Å². The quantitative estimate of drug-likeness (QED) is 0.626. The van der Waals surface area contributed by atoms with Crippen molar-refractivity contribution in [3.05, 3.63) is 53.6 Å². The van der Waals surface area contributed by atoms with E-state index in [1.54, 1.807) is 24.3 Å². The molecule has 0 atom stereocenters. The Hall–Kier alpha value is -3.55. The predicted octanol–water partition coefficient (Wildman–Crippen LogP) is 2.18. The highest BCUT2D eigenvalue weighted by Gasteiger charge is 2.20. The summed E-state index contributed by atoms with van der Waals surface area (Å²) in [4.78, 5) is 36.3. The van der Waals surface area contributed by atoms with Gasteiger partial charge in [-0.25, -0.2) is 4.79 Å². The number of hydrogen-bond donors (Lipinski definition) is 2. The molecule has 2 N–H and O–H groups in total. The average Bonchev–Trinajstić information content (AvgIpc) is 2.75. The summed E-state index contributed by atoms with van der Waals surface area (Å²) in [5.41, 5.74) is 1.77. The number of benzene rings is 2. The van der Waals surface area contributed by atoms with E-state index < -0.39 is 18.5 Å². The topological polar surface area (TPSA) is 103 Å². The van der Waals surface area contributed by atoms with E-state index in [4.69, 9.17) is 14.2 Å². The first-order valence-electron chi connectivity index (χ1n) is 9.02. The van der Waals surface area contributed by atoms with Crippen molar-refractivity contribution in [2.75, 3.05) is 32.7 Å². The van der Waals surface area contributed by atoms with Crippen LogP contribution in [0.15, 0.2) is 42.5 Å². The van der Waals surface area contributed by atoms with Crippen LogP contribution in [0.2, 0.25) is 0 Å². The summed E-state index contributed by atoms with van der Waals surface area (Å²) in [6, 6.07) is 12.2. The molecule has 29 heavy (non-hydrogen) atoms. The highest BCUT2D eigenvalue weighted by atomic mass is 16.5. The third-order valence-electron chi connectivity index (χ3n) is 4.08. The lowest BCUT2D eigenvalue weighted by molar-refractivity contribution is -0.126. The molecule has 0 saturated carbocycles. The summed E-state index contributed by atoms with van der Waals surface area (Å²) in [5.74, 6) is -1.22. The Bertz CT molecular complexity index is 859. The van der Waals surface area contributed by atoms with Gasteiger partial charge in [0.1, 0.15) is 17.1 Å². The molecule has 2 rings (SSSR count). The third kappa shape index (κ3) is 5.97. The van der Waals surface area contributed by atoms with Crippen molar-refractivity contribution in [1.82, 2.24) is 5.32 Å². The second kappa shape index (κ2) is 10.7. The van der Waals surface area contributed by atoms with Crippen LogP contribution in [-0.4, -0.2) is 45.2 Å². The molecule has 0 bridgehead atoms. The Kier molecular flexibility index (Phi) is 8.02. The first-order chi connectivity index (χ1) is 14.0. The summed E-state index contributed by atoms with van der Waals surface area (Å²) >= 11 is 0. The van der Waals surface area contributed by atoms with Gasteiger partial charge in [-0.05, 0) is 30.2 Å². The van der Waals surface area contributed by atoms with E-state index in [-0.39, 0.29) is 29.5 Å². The number of nitrogens with one attached hydrogen (secondary N) is 2. The van der Waals surface area contributed by atoms with Crippen LogP contribution in [0.3, 0.4) is 0 Å². The van der Waals surface area contributed by atoms with Crippen molar-refractivity contribution < 1.29 is 28.6 Å². The molecule has 8 heteroatoms. The molecule has 0 aliphatic heterocycles. The van der Waals surface area contributed by atoms with Crippen LogP contribution in [0.25, 0.3) is 0 Å². The van der Waals surface area contributed by atoms with Crippen LogP contribution in [0.4, 0.5) is 5.69 Å². The molecule has 0 aromatic heterocycles. The van der Waals surface area contributed by atoms with Crippen LogP contribution in [0, 0.1) is 0 Å². The van der Waals surface area contributed by atoms with Crippen molar-refractivity contribution in [3.8, 4) is 11.5 Å². The number of anilines is 1. The Labute approximate surface area is 169 Å². The Morgan fingerprint density at radius 3 is 2.17 bits per heavy atom. The lowest BCUT2D eigenvalue weighted by Gasteiger charge is -2.12. The smallest absolute Gasteiger partial charge is 0.346 e. The first kappa shape index (κ1) is 21.7. The number of aryl methyl sites for hydroxylation is 1. The SMILES string of the molecule is CCc1ccccc1NC(=O)CNC(=O)COC(=O)c1c(OC)cccc1OC. The fourth-order valence-electron chi connectivity index (χ4n) is 2.63. The Morgan fingerprint density at radius 2 is 1.55 bits per heavy atom. The number of esters is 1. The predicted molar refractivity (Wildman–Crippen MR) is 107 cm³/mol. The fourth-order valence-corrected chi connectivity index (χ4v) is 2.63. The minimum absolute atomic E-state index is 0.0826. The van der Waals surface area contributed by atoms with Gasteiger partial charge in [0.15, 0.2) is 6.61 Å². The third-order valence-corrected chi connectivity index (χ3v) is 4.08. The van der Waals surface area contributed by atoms with Gasteiger partial charge in [0.25, 0.3) is 5.91 Å². The van der Waals surface area contributed by atoms with E-state index in [0.29, 0.717) is 5.69 Å². The van der Waals surface area contributed by atoms with Gasteiger partial charge in [0.2, 0.25) is 5.91 Å². The van der Waals surface area contributed by atoms with E-state index in [2.05, 4.69) is 10.6 Å². The number of amides is 2. The molecular formula is C21H24N2O6. The molecule has 0 aliphatic rings. The number of ether oxygens (including phenoxy) is 3. The number of methoxy groups -OCH3 is 2. The molecule has 0 spiro atoms. The minimum Gasteiger partial charge on any atom is -0.496 e. The number of hydrogen-bond acceptors (Lipinski definition) is 6. The number of rotatable bonds is 9. The summed E-state index contributed by atoms with van der Waals surface area (Å²) in [5, 5.41) is 5.16. The van der Waals surface area contributed by atoms with E-state index in [0.717, 1.165) is 12.0 Å². The fraction of sp³-hybridized carbons (Fsp3) is 0.286. The largest absolute Gasteiger partial charge is 0.496 e. The Morgan fingerprint density at radius 1 is 0.897 bits per heavy atom. The zero-order valence-corrected chi connectivity index (χ0v) is 16.6. The van der Waals surface area contributed by atoms with Crippen LogP contribution in [0.1, 0.15) is 22.8 Å². The van der Waals surface area contributed by atoms with Gasteiger partial charge in [-0.3, -0.25) is 9.59 Å². The second-order valence-corrected chi connectivity index (χ2v) is 5.95. The van der Waals surface area contributed by atoms with Gasteiger partial charge in [-0.15, -0.1) is 0 Å². The van der Waals surface area contributed by atoms with E-state index in [9.17, 15) is 14.4 Å². The molecule has 0 unspecified atom stereocenters. The maximum atomic E-state index is 12.3. The molecule has 0 aliphatic carbocycles. The first-order valence-corrected chi connectivity index (χ1v) is 9.02. The van der Waals surface area contributed by atoms with Crippen molar-refractivity contribution in [1.29, 1.82) is 0 Å². The van der Waals surface area contributed by atoms with Crippen LogP contribution in [-0.2, 0) is 20.7 Å². The number of carbonyl (C=O) groups is 3. The molecule has 0 heterocycles. The second-order valence-electron chi connectivity index (χ2n) is 5.95. The molecule has 0 fully saturated rings. The van der Waals surface area contributed by atoms with E-state index in [1.165, 1.54) is 14.2 Å². The number of para-hydroxylation sites is 1. The molecule has 2 aromatic rings. The standard InChI is InChI=1S/C21H24N2O6/c1-4-14-8-5-6-9-15(14)23-18(24)12-22-19(25)13-29-21(26)20-16(27-2)10-7-11-17(20)28-3/h5-11H,4,12-13H2,1-3H3,(H,22,25)(H,23,24). The summed E-state index contributed by atoms with van der Waals surface area (Å²) in [6.45, 7) is 1.20. The monoisotopic (exact) mass is 400 g/mol. The normalized spacial score (nSPS) is 10.0. The highest BCUT2D eigenvalue weighted by molar-refractivity contribution is 5.98. The van der Waals surface area contributed by atoms with Crippen LogP contribution in [0.5, 0.6) is 11.5 Å². The summed E-state index contributed by atoms with van der Waals surface area (Å²) in [6.07, 6.45) is 0.769. The summed E-state index contributed by atoms with van der Waals surface area (Å²) < 4.78 is 15.3. The lowest BCUT2D eigenvalue weighted by atomic mass is 10.1. The molecule has 154 valence electrons. The zero-order valence-electron chi connectivity index (χ0n) is 16.6. The van der Waals surface area contributed by atoms with Gasteiger partial charge >= 0.3 is 5.97 Å². The maximum Gasteiger partial charge on any atom is 0.346 e. The maximum absolute atomic E-state index is 12.3. The number of carbonyl (C=O) groups excluding carboxylic acids is 3. The van der Waals surface area contributed by atoms with Crippen LogP contribution >= 0.6 is 0 Å². The molecule has 8 nitrogen and oxygen atoms in total. The summed E-state index contributed by atoms with van der Waals surface area (Å²) in [7, 11) is 2.82. The molecule has 0 saturated heterocycles. The molecule has 0 radical (unpaired) electrons.